The van der Waals surface area contributed by atoms with E-state index in [-0.39, 0.29) is 11.4 Å². The van der Waals surface area contributed by atoms with Crippen LogP contribution in [0.2, 0.25) is 0 Å². The highest BCUT2D eigenvalue weighted by molar-refractivity contribution is 5.71. The Balaban J connectivity index is 1.12. The van der Waals surface area contributed by atoms with Crippen LogP contribution in [0.25, 0.3) is 11.1 Å². The number of esters is 1. The highest BCUT2D eigenvalue weighted by Crippen LogP contribution is 2.60. The number of carbonyl (C=O) groups excluding carboxylic acids is 2. The van der Waals surface area contributed by atoms with Crippen LogP contribution in [0.5, 0.6) is 23.0 Å². The number of methoxy groups -OCH3 is 1. The molecular formula is C35H32O6. The second kappa shape index (κ2) is 11.1. The van der Waals surface area contributed by atoms with Crippen molar-refractivity contribution in [2.24, 2.45) is 11.8 Å². The minimum absolute atomic E-state index is 0.0310. The molecule has 0 saturated heterocycles. The second-order valence-corrected chi connectivity index (χ2v) is 10.9. The molecule has 208 valence electrons. The van der Waals surface area contributed by atoms with Crippen LogP contribution in [0.15, 0.2) is 97.1 Å². The fraction of sp³-hybridized carbons (Fsp3) is 0.257. The third-order valence-electron chi connectivity index (χ3n) is 8.53. The van der Waals surface area contributed by atoms with Gasteiger partial charge in [0.25, 0.3) is 0 Å². The van der Waals surface area contributed by atoms with Crippen LogP contribution >= 0.6 is 0 Å². The molecule has 2 fully saturated rings. The van der Waals surface area contributed by atoms with E-state index < -0.39 is 6.16 Å². The van der Waals surface area contributed by atoms with Crippen molar-refractivity contribution < 1.29 is 28.5 Å². The maximum absolute atomic E-state index is 12.6. The first-order valence-corrected chi connectivity index (χ1v) is 14.0. The summed E-state index contributed by atoms with van der Waals surface area (Å²) in [5, 5.41) is 0. The molecular weight excluding hydrogens is 516 g/mol. The van der Waals surface area contributed by atoms with Gasteiger partial charge in [-0.1, -0.05) is 55.0 Å². The van der Waals surface area contributed by atoms with Crippen LogP contribution in [0, 0.1) is 11.8 Å². The van der Waals surface area contributed by atoms with Crippen molar-refractivity contribution in [3.63, 3.8) is 0 Å². The van der Waals surface area contributed by atoms with Crippen LogP contribution in [0.3, 0.4) is 0 Å². The minimum atomic E-state index is -0.791. The Bertz CT molecular complexity index is 1520. The highest BCUT2D eigenvalue weighted by Gasteiger charge is 2.52. The summed E-state index contributed by atoms with van der Waals surface area (Å²) in [6.45, 7) is 1.37. The molecule has 4 aromatic rings. The van der Waals surface area contributed by atoms with Crippen molar-refractivity contribution >= 4 is 12.1 Å². The van der Waals surface area contributed by atoms with Crippen molar-refractivity contribution in [1.82, 2.24) is 0 Å². The molecule has 6 nitrogen and oxygen atoms in total. The van der Waals surface area contributed by atoms with E-state index in [4.69, 9.17) is 18.9 Å². The van der Waals surface area contributed by atoms with E-state index in [0.29, 0.717) is 23.2 Å². The van der Waals surface area contributed by atoms with Crippen LogP contribution < -0.4 is 18.9 Å². The van der Waals surface area contributed by atoms with E-state index in [1.807, 2.05) is 48.5 Å². The highest BCUT2D eigenvalue weighted by atomic mass is 16.7. The molecule has 6 heteroatoms. The average Bonchev–Trinajstić information content (AvgIpc) is 3.61. The number of hydrogen-bond donors (Lipinski definition) is 0. The minimum Gasteiger partial charge on any atom is -0.497 e. The largest absolute Gasteiger partial charge is 0.519 e. The van der Waals surface area contributed by atoms with Crippen molar-refractivity contribution in [1.29, 1.82) is 0 Å². The Morgan fingerprint density at radius 1 is 0.634 bits per heavy atom. The Labute approximate surface area is 239 Å². The van der Waals surface area contributed by atoms with Crippen LogP contribution in [0.4, 0.5) is 4.79 Å². The molecule has 3 atom stereocenters. The first-order chi connectivity index (χ1) is 19.9. The van der Waals surface area contributed by atoms with E-state index in [0.717, 1.165) is 29.2 Å². The summed E-state index contributed by atoms with van der Waals surface area (Å²) in [5.41, 5.74) is 4.42. The van der Waals surface area contributed by atoms with E-state index in [2.05, 4.69) is 24.3 Å². The van der Waals surface area contributed by atoms with Crippen LogP contribution in [-0.2, 0) is 10.2 Å². The standard InChI is InChI=1S/C35H32O6/c1-23(36)39-31-13-4-25(5-14-31)26-6-15-32(16-7-26)40-34(37)41-33-19-11-28(12-20-33)35(22-24-3-8-29(35)21-24)27-9-17-30(38-2)18-10-27/h4-7,9-20,24,29H,3,8,21-22H2,1-2H3. The summed E-state index contributed by atoms with van der Waals surface area (Å²) >= 11 is 0. The fourth-order valence-electron chi connectivity index (χ4n) is 6.72. The summed E-state index contributed by atoms with van der Waals surface area (Å²) in [5.74, 6) is 3.16. The zero-order valence-corrected chi connectivity index (χ0v) is 23.2. The second-order valence-electron chi connectivity index (χ2n) is 10.9. The lowest BCUT2D eigenvalue weighted by Gasteiger charge is -2.39. The normalized spacial score (nSPS) is 20.8. The number of fused-ring (bicyclic) bond motifs is 2. The molecule has 0 aromatic heterocycles. The van der Waals surface area contributed by atoms with Gasteiger partial charge in [0.2, 0.25) is 0 Å². The van der Waals surface area contributed by atoms with Gasteiger partial charge in [-0.2, -0.15) is 0 Å². The summed E-state index contributed by atoms with van der Waals surface area (Å²) < 4.78 is 21.4. The van der Waals surface area contributed by atoms with Crippen LogP contribution in [-0.4, -0.2) is 19.2 Å². The maximum atomic E-state index is 12.6. The molecule has 0 spiro atoms. The SMILES string of the molecule is COc1ccc(C2(c3ccc(OC(=O)Oc4ccc(-c5ccc(OC(C)=O)cc5)cc4)cc3)CC3CCC2C3)cc1. The molecule has 2 aliphatic rings. The molecule has 0 aliphatic heterocycles. The van der Waals surface area contributed by atoms with Gasteiger partial charge in [-0.25, -0.2) is 4.79 Å². The zero-order valence-electron chi connectivity index (χ0n) is 23.2. The van der Waals surface area contributed by atoms with Crippen molar-refractivity contribution in [2.75, 3.05) is 7.11 Å². The van der Waals surface area contributed by atoms with Gasteiger partial charge in [0.15, 0.2) is 0 Å². The molecule has 0 amide bonds. The molecule has 2 bridgehead atoms. The lowest BCUT2D eigenvalue weighted by atomic mass is 9.64. The number of ether oxygens (including phenoxy) is 4. The first-order valence-electron chi connectivity index (χ1n) is 14.0. The predicted molar refractivity (Wildman–Crippen MR) is 156 cm³/mol. The maximum Gasteiger partial charge on any atom is 0.519 e. The number of hydrogen-bond acceptors (Lipinski definition) is 6. The molecule has 2 aliphatic carbocycles. The van der Waals surface area contributed by atoms with Gasteiger partial charge in [-0.15, -0.1) is 0 Å². The Morgan fingerprint density at radius 3 is 1.51 bits per heavy atom. The van der Waals surface area contributed by atoms with Gasteiger partial charge in [0.05, 0.1) is 7.11 Å². The molecule has 0 heterocycles. The monoisotopic (exact) mass is 548 g/mol. The summed E-state index contributed by atoms with van der Waals surface area (Å²) in [4.78, 5) is 23.7. The Kier molecular flexibility index (Phi) is 7.23. The lowest BCUT2D eigenvalue weighted by molar-refractivity contribution is -0.131. The van der Waals surface area contributed by atoms with Crippen molar-refractivity contribution in [3.05, 3.63) is 108 Å². The van der Waals surface area contributed by atoms with Crippen LogP contribution in [0.1, 0.15) is 43.7 Å². The number of benzene rings is 4. The predicted octanol–water partition coefficient (Wildman–Crippen LogP) is 7.97. The quantitative estimate of drug-likeness (QED) is 0.133. The van der Waals surface area contributed by atoms with Crippen molar-refractivity contribution in [3.8, 4) is 34.1 Å². The third kappa shape index (κ3) is 5.42. The van der Waals surface area contributed by atoms with E-state index in [1.165, 1.54) is 37.3 Å². The lowest BCUT2D eigenvalue weighted by Crippen LogP contribution is -2.34. The van der Waals surface area contributed by atoms with E-state index >= 15 is 0 Å². The smallest absolute Gasteiger partial charge is 0.497 e. The molecule has 0 N–H and O–H groups in total. The number of carbonyl (C=O) groups is 2. The molecule has 2 saturated carbocycles. The number of rotatable bonds is 7. The zero-order chi connectivity index (χ0) is 28.4. The van der Waals surface area contributed by atoms with Gasteiger partial charge in [-0.3, -0.25) is 4.79 Å². The summed E-state index contributed by atoms with van der Waals surface area (Å²) in [6.07, 6.45) is 4.15. The molecule has 41 heavy (non-hydrogen) atoms. The van der Waals surface area contributed by atoms with E-state index in [9.17, 15) is 9.59 Å². The fourth-order valence-corrected chi connectivity index (χ4v) is 6.72. The Hall–Kier alpha value is -4.58. The summed E-state index contributed by atoms with van der Waals surface area (Å²) in [6, 6.07) is 30.7. The third-order valence-corrected chi connectivity index (χ3v) is 8.53. The van der Waals surface area contributed by atoms with Gasteiger partial charge in [-0.05, 0) is 102 Å². The average molecular weight is 549 g/mol. The van der Waals surface area contributed by atoms with Gasteiger partial charge in [0, 0.05) is 12.3 Å². The topological polar surface area (TPSA) is 71.1 Å². The molecule has 6 rings (SSSR count). The van der Waals surface area contributed by atoms with Gasteiger partial charge >= 0.3 is 12.1 Å². The molecule has 4 aromatic carbocycles. The van der Waals surface area contributed by atoms with Gasteiger partial charge < -0.3 is 18.9 Å². The molecule has 0 radical (unpaired) electrons. The Morgan fingerprint density at radius 2 is 1.10 bits per heavy atom. The van der Waals surface area contributed by atoms with E-state index in [1.54, 1.807) is 31.4 Å². The first kappa shape index (κ1) is 26.6. The van der Waals surface area contributed by atoms with Gasteiger partial charge in [0.1, 0.15) is 23.0 Å². The summed E-state index contributed by atoms with van der Waals surface area (Å²) in [7, 11) is 1.69. The van der Waals surface area contributed by atoms with Crippen molar-refractivity contribution in [2.45, 2.75) is 38.0 Å². The molecule has 3 unspecified atom stereocenters.